The first-order valence-electron chi connectivity index (χ1n) is 7.81. The average molecular weight is 391 g/mol. The quantitative estimate of drug-likeness (QED) is 0.659. The van der Waals surface area contributed by atoms with E-state index in [1.165, 1.54) is 46.1 Å². The minimum atomic E-state index is 0.555. The third-order valence-corrected chi connectivity index (χ3v) is 5.68. The summed E-state index contributed by atoms with van der Waals surface area (Å²) < 4.78 is 1.34. The Morgan fingerprint density at radius 3 is 2.52 bits per heavy atom. The Hall–Kier alpha value is -1.03. The summed E-state index contributed by atoms with van der Waals surface area (Å²) in [7, 11) is 0. The van der Waals surface area contributed by atoms with Crippen LogP contribution < -0.4 is 5.32 Å². The first-order chi connectivity index (χ1) is 10.2. The summed E-state index contributed by atoms with van der Waals surface area (Å²) in [5, 5.41) is 3.79. The third kappa shape index (κ3) is 3.60. The molecule has 0 heterocycles. The van der Waals surface area contributed by atoms with Gasteiger partial charge in [-0.25, -0.2) is 0 Å². The highest BCUT2D eigenvalue weighted by Gasteiger charge is 2.26. The molecule has 21 heavy (non-hydrogen) atoms. The summed E-state index contributed by atoms with van der Waals surface area (Å²) >= 11 is 2.42. The first kappa shape index (κ1) is 14.9. The fourth-order valence-electron chi connectivity index (χ4n) is 3.30. The predicted octanol–water partition coefficient (Wildman–Crippen LogP) is 5.74. The second-order valence-electron chi connectivity index (χ2n) is 6.02. The summed E-state index contributed by atoms with van der Waals surface area (Å²) in [6, 6.07) is 18.3. The molecule has 0 radical (unpaired) electrons. The molecule has 0 spiro atoms. The second-order valence-corrected chi connectivity index (χ2v) is 7.18. The lowest BCUT2D eigenvalue weighted by atomic mass is 9.80. The molecule has 3 rings (SSSR count). The van der Waals surface area contributed by atoms with Crippen molar-refractivity contribution in [3.63, 3.8) is 0 Å². The molecule has 0 amide bonds. The van der Waals surface area contributed by atoms with E-state index in [9.17, 15) is 0 Å². The van der Waals surface area contributed by atoms with Crippen molar-refractivity contribution < 1.29 is 0 Å². The van der Waals surface area contributed by atoms with Crippen LogP contribution >= 0.6 is 22.6 Å². The van der Waals surface area contributed by atoms with E-state index in [1.807, 2.05) is 0 Å². The van der Waals surface area contributed by atoms with Gasteiger partial charge in [0.25, 0.3) is 0 Å². The molecule has 2 unspecified atom stereocenters. The lowest BCUT2D eigenvalue weighted by Crippen LogP contribution is -2.30. The lowest BCUT2D eigenvalue weighted by Gasteiger charge is -2.33. The SMILES string of the molecule is Cc1ccc(NC2CCCCC2c2ccccc2)cc1I. The van der Waals surface area contributed by atoms with E-state index in [0.29, 0.717) is 12.0 Å². The highest BCUT2D eigenvalue weighted by Crippen LogP contribution is 2.35. The van der Waals surface area contributed by atoms with Gasteiger partial charge >= 0.3 is 0 Å². The van der Waals surface area contributed by atoms with E-state index in [4.69, 9.17) is 0 Å². The summed E-state index contributed by atoms with van der Waals surface area (Å²) in [5.41, 5.74) is 4.10. The molecule has 0 aromatic heterocycles. The van der Waals surface area contributed by atoms with Crippen LogP contribution in [0.15, 0.2) is 48.5 Å². The second kappa shape index (κ2) is 6.82. The topological polar surface area (TPSA) is 12.0 Å². The van der Waals surface area contributed by atoms with Gasteiger partial charge in [0.2, 0.25) is 0 Å². The van der Waals surface area contributed by atoms with Crippen LogP contribution in [0.25, 0.3) is 0 Å². The summed E-state index contributed by atoms with van der Waals surface area (Å²) in [5.74, 6) is 0.638. The fraction of sp³-hybridized carbons (Fsp3) is 0.368. The fourth-order valence-corrected chi connectivity index (χ4v) is 3.81. The van der Waals surface area contributed by atoms with Crippen molar-refractivity contribution in [2.75, 3.05) is 5.32 Å². The Labute approximate surface area is 141 Å². The molecule has 1 nitrogen and oxygen atoms in total. The van der Waals surface area contributed by atoms with Gasteiger partial charge in [0.1, 0.15) is 0 Å². The minimum Gasteiger partial charge on any atom is -0.382 e. The van der Waals surface area contributed by atoms with Gasteiger partial charge in [0.15, 0.2) is 0 Å². The first-order valence-corrected chi connectivity index (χ1v) is 8.89. The van der Waals surface area contributed by atoms with Crippen LogP contribution in [-0.4, -0.2) is 6.04 Å². The molecule has 2 atom stereocenters. The van der Waals surface area contributed by atoms with Gasteiger partial charge in [-0.2, -0.15) is 0 Å². The van der Waals surface area contributed by atoms with Gasteiger partial charge in [-0.15, -0.1) is 0 Å². The van der Waals surface area contributed by atoms with E-state index < -0.39 is 0 Å². The van der Waals surface area contributed by atoms with Crippen molar-refractivity contribution in [1.82, 2.24) is 0 Å². The highest BCUT2D eigenvalue weighted by atomic mass is 127. The maximum atomic E-state index is 3.79. The monoisotopic (exact) mass is 391 g/mol. The normalized spacial score (nSPS) is 22.0. The lowest BCUT2D eigenvalue weighted by molar-refractivity contribution is 0.405. The van der Waals surface area contributed by atoms with E-state index in [0.717, 1.165) is 0 Å². The van der Waals surface area contributed by atoms with Gasteiger partial charge in [-0.3, -0.25) is 0 Å². The third-order valence-electron chi connectivity index (χ3n) is 4.52. The summed E-state index contributed by atoms with van der Waals surface area (Å²) in [6.45, 7) is 2.17. The molecule has 2 aromatic carbocycles. The zero-order chi connectivity index (χ0) is 14.7. The van der Waals surface area contributed by atoms with Gasteiger partial charge in [0.05, 0.1) is 0 Å². The number of hydrogen-bond donors (Lipinski definition) is 1. The molecule has 0 saturated heterocycles. The van der Waals surface area contributed by atoms with Crippen LogP contribution in [0, 0.1) is 10.5 Å². The van der Waals surface area contributed by atoms with E-state index in [-0.39, 0.29) is 0 Å². The number of hydrogen-bond acceptors (Lipinski definition) is 1. The van der Waals surface area contributed by atoms with E-state index in [1.54, 1.807) is 0 Å². The smallest absolute Gasteiger partial charge is 0.0353 e. The number of anilines is 1. The standard InChI is InChI=1S/C19H22IN/c1-14-11-12-16(13-18(14)20)21-19-10-6-5-9-17(19)15-7-3-2-4-8-15/h2-4,7-8,11-13,17,19,21H,5-6,9-10H2,1H3. The molecule has 1 aliphatic carbocycles. The highest BCUT2D eigenvalue weighted by molar-refractivity contribution is 14.1. The van der Waals surface area contributed by atoms with E-state index >= 15 is 0 Å². The molecule has 110 valence electrons. The van der Waals surface area contributed by atoms with Crippen molar-refractivity contribution in [3.8, 4) is 0 Å². The zero-order valence-corrected chi connectivity index (χ0v) is 14.6. The molecule has 2 aromatic rings. The van der Waals surface area contributed by atoms with Crippen molar-refractivity contribution in [1.29, 1.82) is 0 Å². The Bertz CT molecular complexity index is 594. The minimum absolute atomic E-state index is 0.555. The van der Waals surface area contributed by atoms with Crippen LogP contribution in [0.5, 0.6) is 0 Å². The molecule has 1 saturated carbocycles. The Morgan fingerprint density at radius 2 is 1.76 bits per heavy atom. The van der Waals surface area contributed by atoms with Crippen molar-refractivity contribution in [2.45, 2.75) is 44.6 Å². The maximum Gasteiger partial charge on any atom is 0.0353 e. The largest absolute Gasteiger partial charge is 0.382 e. The van der Waals surface area contributed by atoms with Crippen molar-refractivity contribution >= 4 is 28.3 Å². The number of halogens is 1. The molecule has 1 N–H and O–H groups in total. The number of benzene rings is 2. The van der Waals surface area contributed by atoms with Crippen LogP contribution in [0.2, 0.25) is 0 Å². The number of rotatable bonds is 3. The van der Waals surface area contributed by atoms with E-state index in [2.05, 4.69) is 83.4 Å². The van der Waals surface area contributed by atoms with Crippen molar-refractivity contribution in [3.05, 3.63) is 63.2 Å². The predicted molar refractivity (Wildman–Crippen MR) is 99.0 cm³/mol. The molecular formula is C19H22IN. The van der Waals surface area contributed by atoms with Crippen molar-refractivity contribution in [2.24, 2.45) is 0 Å². The van der Waals surface area contributed by atoms with Gasteiger partial charge in [-0.1, -0.05) is 49.2 Å². The van der Waals surface area contributed by atoms with Gasteiger partial charge in [0, 0.05) is 21.2 Å². The number of aryl methyl sites for hydroxylation is 1. The van der Waals surface area contributed by atoms with Crippen LogP contribution in [-0.2, 0) is 0 Å². The Morgan fingerprint density at radius 1 is 1.00 bits per heavy atom. The number of nitrogens with one attached hydrogen (secondary N) is 1. The van der Waals surface area contributed by atoms with Crippen LogP contribution in [0.4, 0.5) is 5.69 Å². The summed E-state index contributed by atoms with van der Waals surface area (Å²) in [6.07, 6.45) is 5.25. The van der Waals surface area contributed by atoms with Gasteiger partial charge < -0.3 is 5.32 Å². The molecule has 1 aliphatic rings. The summed E-state index contributed by atoms with van der Waals surface area (Å²) in [4.78, 5) is 0. The molecule has 2 heteroatoms. The molecule has 0 bridgehead atoms. The molecule has 0 aliphatic heterocycles. The Balaban J connectivity index is 1.79. The van der Waals surface area contributed by atoms with Gasteiger partial charge in [-0.05, 0) is 65.6 Å². The molecule has 1 fully saturated rings. The molecular weight excluding hydrogens is 369 g/mol. The zero-order valence-electron chi connectivity index (χ0n) is 12.5. The maximum absolute atomic E-state index is 3.79. The Kier molecular flexibility index (Phi) is 4.84. The average Bonchev–Trinajstić information content (AvgIpc) is 2.52. The van der Waals surface area contributed by atoms with Crippen LogP contribution in [0.1, 0.15) is 42.7 Å². The van der Waals surface area contributed by atoms with Crippen LogP contribution in [0.3, 0.4) is 0 Å².